The van der Waals surface area contributed by atoms with E-state index in [2.05, 4.69) is 11.1 Å². The van der Waals surface area contributed by atoms with Gasteiger partial charge in [-0.05, 0) is 24.5 Å². The summed E-state index contributed by atoms with van der Waals surface area (Å²) < 4.78 is 0. The zero-order valence-corrected chi connectivity index (χ0v) is 6.46. The summed E-state index contributed by atoms with van der Waals surface area (Å²) in [6, 6.07) is 4.10. The molecule has 0 unspecified atom stereocenters. The van der Waals surface area contributed by atoms with Crippen LogP contribution in [0.5, 0.6) is 0 Å². The van der Waals surface area contributed by atoms with E-state index in [0.29, 0.717) is 5.41 Å². The smallest absolute Gasteiger partial charge is 0.0306 e. The maximum atomic E-state index is 5.67. The maximum Gasteiger partial charge on any atom is 0.0306 e. The van der Waals surface area contributed by atoms with Gasteiger partial charge in [-0.2, -0.15) is 0 Å². The summed E-state index contributed by atoms with van der Waals surface area (Å²) in [7, 11) is 0. The topological polar surface area (TPSA) is 38.9 Å². The molecule has 11 heavy (non-hydrogen) atoms. The summed E-state index contributed by atoms with van der Waals surface area (Å²) in [6.45, 7) is 0.763. The van der Waals surface area contributed by atoms with Gasteiger partial charge in [0.2, 0.25) is 0 Å². The molecule has 58 valence electrons. The van der Waals surface area contributed by atoms with Crippen LogP contribution in [0.15, 0.2) is 24.5 Å². The number of aromatic nitrogens is 1. The summed E-state index contributed by atoms with van der Waals surface area (Å²) >= 11 is 0. The molecule has 0 amide bonds. The fourth-order valence-electron chi connectivity index (χ4n) is 1.44. The second-order valence-electron chi connectivity index (χ2n) is 3.23. The molecule has 2 nitrogen and oxygen atoms in total. The van der Waals surface area contributed by atoms with Gasteiger partial charge in [-0.1, -0.05) is 6.07 Å². The number of rotatable bonds is 2. The van der Waals surface area contributed by atoms with Crippen LogP contribution in [0.1, 0.15) is 18.4 Å². The van der Waals surface area contributed by atoms with E-state index in [1.54, 1.807) is 6.20 Å². The van der Waals surface area contributed by atoms with Crippen LogP contribution in [0.2, 0.25) is 0 Å². The van der Waals surface area contributed by atoms with Gasteiger partial charge in [-0.3, -0.25) is 4.98 Å². The highest BCUT2D eigenvalue weighted by molar-refractivity contribution is 5.28. The Morgan fingerprint density at radius 1 is 1.55 bits per heavy atom. The molecule has 1 saturated carbocycles. The highest BCUT2D eigenvalue weighted by Crippen LogP contribution is 2.46. The van der Waals surface area contributed by atoms with Gasteiger partial charge >= 0.3 is 0 Å². The van der Waals surface area contributed by atoms with E-state index in [4.69, 9.17) is 5.73 Å². The Balaban J connectivity index is 2.30. The van der Waals surface area contributed by atoms with Gasteiger partial charge in [0.05, 0.1) is 0 Å². The maximum absolute atomic E-state index is 5.67. The van der Waals surface area contributed by atoms with E-state index < -0.39 is 0 Å². The molecule has 0 atom stereocenters. The lowest BCUT2D eigenvalue weighted by molar-refractivity contribution is 0.701. The van der Waals surface area contributed by atoms with E-state index in [0.717, 1.165) is 6.54 Å². The van der Waals surface area contributed by atoms with Crippen molar-refractivity contribution in [1.29, 1.82) is 0 Å². The zero-order chi connectivity index (χ0) is 7.73. The number of pyridine rings is 1. The molecule has 2 heteroatoms. The van der Waals surface area contributed by atoms with Crippen LogP contribution in [0.3, 0.4) is 0 Å². The SMILES string of the molecule is NCC1(c2cccnc2)CC1. The lowest BCUT2D eigenvalue weighted by Crippen LogP contribution is -2.19. The average Bonchev–Trinajstić information content (AvgIpc) is 2.86. The first-order chi connectivity index (χ1) is 5.37. The average molecular weight is 148 g/mol. The Morgan fingerprint density at radius 3 is 2.82 bits per heavy atom. The van der Waals surface area contributed by atoms with Crippen molar-refractivity contribution in [1.82, 2.24) is 4.98 Å². The van der Waals surface area contributed by atoms with Crippen LogP contribution in [0.25, 0.3) is 0 Å². The van der Waals surface area contributed by atoms with Crippen LogP contribution in [0.4, 0.5) is 0 Å². The van der Waals surface area contributed by atoms with Crippen LogP contribution >= 0.6 is 0 Å². The Labute approximate surface area is 66.4 Å². The minimum atomic E-state index is 0.300. The van der Waals surface area contributed by atoms with Gasteiger partial charge in [-0.15, -0.1) is 0 Å². The summed E-state index contributed by atoms with van der Waals surface area (Å²) in [4.78, 5) is 4.08. The molecule has 1 aromatic heterocycles. The van der Waals surface area contributed by atoms with Gasteiger partial charge < -0.3 is 5.73 Å². The molecular formula is C9H12N2. The van der Waals surface area contributed by atoms with Gasteiger partial charge in [-0.25, -0.2) is 0 Å². The standard InChI is InChI=1S/C9H12N2/c10-7-9(3-4-9)8-2-1-5-11-6-8/h1-2,5-6H,3-4,7,10H2. The van der Waals surface area contributed by atoms with Crippen molar-refractivity contribution in [2.24, 2.45) is 5.73 Å². The summed E-state index contributed by atoms with van der Waals surface area (Å²) in [5.74, 6) is 0. The van der Waals surface area contributed by atoms with Crippen molar-refractivity contribution in [3.05, 3.63) is 30.1 Å². The molecule has 0 bridgehead atoms. The van der Waals surface area contributed by atoms with Crippen molar-refractivity contribution >= 4 is 0 Å². The predicted molar refractivity (Wildman–Crippen MR) is 44.2 cm³/mol. The van der Waals surface area contributed by atoms with Crippen molar-refractivity contribution in [2.45, 2.75) is 18.3 Å². The molecule has 2 rings (SSSR count). The first kappa shape index (κ1) is 6.80. The predicted octanol–water partition coefficient (Wildman–Crippen LogP) is 1.07. The number of hydrogen-bond donors (Lipinski definition) is 1. The molecule has 1 aliphatic rings. The monoisotopic (exact) mass is 148 g/mol. The second-order valence-corrected chi connectivity index (χ2v) is 3.23. The Morgan fingerprint density at radius 2 is 2.36 bits per heavy atom. The molecule has 1 aliphatic carbocycles. The van der Waals surface area contributed by atoms with Gasteiger partial charge in [0, 0.05) is 24.4 Å². The van der Waals surface area contributed by atoms with Crippen molar-refractivity contribution < 1.29 is 0 Å². The highest BCUT2D eigenvalue weighted by Gasteiger charge is 2.42. The fourth-order valence-corrected chi connectivity index (χ4v) is 1.44. The molecule has 0 aliphatic heterocycles. The van der Waals surface area contributed by atoms with Crippen molar-refractivity contribution in [3.63, 3.8) is 0 Å². The van der Waals surface area contributed by atoms with E-state index >= 15 is 0 Å². The van der Waals surface area contributed by atoms with E-state index in [9.17, 15) is 0 Å². The van der Waals surface area contributed by atoms with Crippen LogP contribution in [0, 0.1) is 0 Å². The first-order valence-corrected chi connectivity index (χ1v) is 3.98. The summed E-state index contributed by atoms with van der Waals surface area (Å²) in [5.41, 5.74) is 7.28. The lowest BCUT2D eigenvalue weighted by Gasteiger charge is -2.10. The van der Waals surface area contributed by atoms with Crippen molar-refractivity contribution in [3.8, 4) is 0 Å². The van der Waals surface area contributed by atoms with Crippen LogP contribution in [-0.4, -0.2) is 11.5 Å². The fraction of sp³-hybridized carbons (Fsp3) is 0.444. The third-order valence-electron chi connectivity index (χ3n) is 2.52. The highest BCUT2D eigenvalue weighted by atomic mass is 14.7. The number of nitrogens with zero attached hydrogens (tertiary/aromatic N) is 1. The molecule has 0 radical (unpaired) electrons. The van der Waals surface area contributed by atoms with E-state index in [1.165, 1.54) is 18.4 Å². The van der Waals surface area contributed by atoms with Crippen molar-refractivity contribution in [2.75, 3.05) is 6.54 Å². The summed E-state index contributed by atoms with van der Waals surface area (Å²) in [5, 5.41) is 0. The molecule has 1 heterocycles. The quantitative estimate of drug-likeness (QED) is 0.681. The second kappa shape index (κ2) is 2.31. The molecule has 0 saturated heterocycles. The van der Waals surface area contributed by atoms with Crippen LogP contribution < -0.4 is 5.73 Å². The molecule has 2 N–H and O–H groups in total. The Hall–Kier alpha value is -0.890. The molecule has 1 aromatic rings. The van der Waals surface area contributed by atoms with Crippen LogP contribution in [-0.2, 0) is 5.41 Å². The van der Waals surface area contributed by atoms with E-state index in [1.807, 2.05) is 12.3 Å². The first-order valence-electron chi connectivity index (χ1n) is 3.98. The molecule has 0 spiro atoms. The molecule has 1 fully saturated rings. The minimum absolute atomic E-state index is 0.300. The van der Waals surface area contributed by atoms with E-state index in [-0.39, 0.29) is 0 Å². The van der Waals surface area contributed by atoms with Gasteiger partial charge in [0.1, 0.15) is 0 Å². The molecule has 0 aromatic carbocycles. The number of hydrogen-bond acceptors (Lipinski definition) is 2. The Kier molecular flexibility index (Phi) is 1.43. The third kappa shape index (κ3) is 1.03. The largest absolute Gasteiger partial charge is 0.330 e. The third-order valence-corrected chi connectivity index (χ3v) is 2.52. The van der Waals surface area contributed by atoms with Gasteiger partial charge in [0.15, 0.2) is 0 Å². The minimum Gasteiger partial charge on any atom is -0.330 e. The molecular weight excluding hydrogens is 136 g/mol. The Bertz CT molecular complexity index is 239. The normalized spacial score (nSPS) is 19.7. The number of nitrogens with two attached hydrogens (primary N) is 1. The summed E-state index contributed by atoms with van der Waals surface area (Å²) in [6.07, 6.45) is 6.19. The lowest BCUT2D eigenvalue weighted by atomic mass is 9.98. The zero-order valence-electron chi connectivity index (χ0n) is 6.46. The van der Waals surface area contributed by atoms with Gasteiger partial charge in [0.25, 0.3) is 0 Å².